The van der Waals surface area contributed by atoms with Crippen LogP contribution in [0.3, 0.4) is 0 Å². The number of hydrogen-bond acceptors (Lipinski definition) is 5. The molecular formula is C18H20N4O2. The number of anilines is 2. The SMILES string of the molecule is CCCCOn1c(=O)cc(Nc2ccccc2)c2c(C)ncnc21. The molecule has 0 atom stereocenters. The van der Waals surface area contributed by atoms with Crippen LogP contribution in [0.2, 0.25) is 0 Å². The van der Waals surface area contributed by atoms with Crippen LogP contribution in [0, 0.1) is 6.92 Å². The molecule has 0 aliphatic carbocycles. The molecule has 0 unspecified atom stereocenters. The predicted molar refractivity (Wildman–Crippen MR) is 94.6 cm³/mol. The molecule has 0 spiro atoms. The Morgan fingerprint density at radius 3 is 2.75 bits per heavy atom. The minimum absolute atomic E-state index is 0.255. The summed E-state index contributed by atoms with van der Waals surface area (Å²) in [6.07, 6.45) is 3.32. The molecule has 24 heavy (non-hydrogen) atoms. The Kier molecular flexibility index (Phi) is 4.74. The maximum Gasteiger partial charge on any atom is 0.287 e. The third kappa shape index (κ3) is 3.22. The molecule has 6 heteroatoms. The van der Waals surface area contributed by atoms with Crippen molar-refractivity contribution in [2.24, 2.45) is 0 Å². The smallest absolute Gasteiger partial charge is 0.287 e. The van der Waals surface area contributed by atoms with E-state index in [9.17, 15) is 4.79 Å². The normalized spacial score (nSPS) is 10.8. The van der Waals surface area contributed by atoms with Gasteiger partial charge in [0, 0.05) is 11.8 Å². The number of unbranched alkanes of at least 4 members (excludes halogenated alkanes) is 1. The van der Waals surface area contributed by atoms with Gasteiger partial charge in [-0.1, -0.05) is 31.5 Å². The summed E-state index contributed by atoms with van der Waals surface area (Å²) in [6.45, 7) is 4.44. The summed E-state index contributed by atoms with van der Waals surface area (Å²) in [5.74, 6) is 0. The van der Waals surface area contributed by atoms with Gasteiger partial charge in [0.2, 0.25) is 0 Å². The molecular weight excluding hydrogens is 304 g/mol. The van der Waals surface area contributed by atoms with E-state index in [1.807, 2.05) is 37.3 Å². The van der Waals surface area contributed by atoms with E-state index < -0.39 is 0 Å². The quantitative estimate of drug-likeness (QED) is 0.706. The zero-order valence-corrected chi connectivity index (χ0v) is 13.8. The lowest BCUT2D eigenvalue weighted by Gasteiger charge is -2.15. The number of aromatic nitrogens is 3. The van der Waals surface area contributed by atoms with E-state index in [1.54, 1.807) is 0 Å². The molecule has 1 N–H and O–H groups in total. The number of para-hydroxylation sites is 1. The maximum atomic E-state index is 12.5. The van der Waals surface area contributed by atoms with Crippen LogP contribution in [0.5, 0.6) is 0 Å². The Morgan fingerprint density at radius 1 is 1.21 bits per heavy atom. The zero-order chi connectivity index (χ0) is 16.9. The molecule has 0 bridgehead atoms. The van der Waals surface area contributed by atoms with Crippen LogP contribution >= 0.6 is 0 Å². The molecule has 1 aromatic carbocycles. The van der Waals surface area contributed by atoms with Crippen molar-refractivity contribution in [1.82, 2.24) is 14.7 Å². The first-order valence-corrected chi connectivity index (χ1v) is 8.03. The second-order valence-electron chi connectivity index (χ2n) is 5.53. The summed E-state index contributed by atoms with van der Waals surface area (Å²) >= 11 is 0. The van der Waals surface area contributed by atoms with Crippen LogP contribution in [0.4, 0.5) is 11.4 Å². The first-order chi connectivity index (χ1) is 11.7. The van der Waals surface area contributed by atoms with Gasteiger partial charge in [0.05, 0.1) is 16.8 Å². The predicted octanol–water partition coefficient (Wildman–Crippen LogP) is 3.07. The van der Waals surface area contributed by atoms with Crippen molar-refractivity contribution >= 4 is 22.4 Å². The van der Waals surface area contributed by atoms with E-state index in [0.29, 0.717) is 17.9 Å². The molecule has 0 radical (unpaired) electrons. The Hall–Kier alpha value is -2.89. The van der Waals surface area contributed by atoms with Gasteiger partial charge in [-0.2, -0.15) is 0 Å². The fourth-order valence-corrected chi connectivity index (χ4v) is 2.49. The van der Waals surface area contributed by atoms with Crippen molar-refractivity contribution < 1.29 is 4.84 Å². The van der Waals surface area contributed by atoms with Crippen molar-refractivity contribution in [3.63, 3.8) is 0 Å². The summed E-state index contributed by atoms with van der Waals surface area (Å²) in [4.78, 5) is 26.6. The maximum absolute atomic E-state index is 12.5. The minimum atomic E-state index is -0.255. The van der Waals surface area contributed by atoms with E-state index in [2.05, 4.69) is 22.2 Å². The lowest BCUT2D eigenvalue weighted by Crippen LogP contribution is -2.28. The summed E-state index contributed by atoms with van der Waals surface area (Å²) in [5, 5.41) is 4.05. The molecule has 0 aliphatic heterocycles. The van der Waals surface area contributed by atoms with Gasteiger partial charge in [-0.25, -0.2) is 9.97 Å². The number of fused-ring (bicyclic) bond motifs is 1. The van der Waals surface area contributed by atoms with Crippen molar-refractivity contribution in [2.45, 2.75) is 26.7 Å². The third-order valence-electron chi connectivity index (χ3n) is 3.72. The van der Waals surface area contributed by atoms with E-state index in [4.69, 9.17) is 4.84 Å². The van der Waals surface area contributed by atoms with Gasteiger partial charge in [-0.05, 0) is 25.5 Å². The van der Waals surface area contributed by atoms with Crippen LogP contribution < -0.4 is 15.7 Å². The van der Waals surface area contributed by atoms with Crippen molar-refractivity contribution in [3.8, 4) is 0 Å². The number of benzene rings is 1. The van der Waals surface area contributed by atoms with Crippen LogP contribution in [0.15, 0.2) is 47.5 Å². The summed E-state index contributed by atoms with van der Waals surface area (Å²) in [5.41, 5.74) is 2.58. The van der Waals surface area contributed by atoms with Crippen LogP contribution in [-0.4, -0.2) is 21.3 Å². The van der Waals surface area contributed by atoms with E-state index in [0.717, 1.165) is 29.6 Å². The Morgan fingerprint density at radius 2 is 2.00 bits per heavy atom. The number of nitrogens with one attached hydrogen (secondary N) is 1. The topological polar surface area (TPSA) is 69.0 Å². The van der Waals surface area contributed by atoms with Gasteiger partial charge in [0.1, 0.15) is 12.9 Å². The highest BCUT2D eigenvalue weighted by molar-refractivity contribution is 5.92. The molecule has 0 fully saturated rings. The van der Waals surface area contributed by atoms with Gasteiger partial charge in [0.15, 0.2) is 5.65 Å². The third-order valence-corrected chi connectivity index (χ3v) is 3.72. The van der Waals surface area contributed by atoms with Crippen molar-refractivity contribution in [3.05, 3.63) is 58.8 Å². The number of aryl methyl sites for hydroxylation is 1. The molecule has 3 rings (SSSR count). The van der Waals surface area contributed by atoms with Crippen LogP contribution in [0.25, 0.3) is 11.0 Å². The highest BCUT2D eigenvalue weighted by atomic mass is 16.7. The Labute approximate surface area is 140 Å². The molecule has 0 saturated heterocycles. The van der Waals surface area contributed by atoms with E-state index in [1.165, 1.54) is 17.1 Å². The second kappa shape index (κ2) is 7.12. The number of pyridine rings is 1. The largest absolute Gasteiger partial charge is 0.409 e. The lowest BCUT2D eigenvalue weighted by molar-refractivity contribution is 0.108. The van der Waals surface area contributed by atoms with Gasteiger partial charge >= 0.3 is 0 Å². The molecule has 3 aromatic rings. The average molecular weight is 324 g/mol. The average Bonchev–Trinajstić information content (AvgIpc) is 2.58. The molecule has 0 saturated carbocycles. The highest BCUT2D eigenvalue weighted by Crippen LogP contribution is 2.25. The van der Waals surface area contributed by atoms with Crippen LogP contribution in [0.1, 0.15) is 25.5 Å². The van der Waals surface area contributed by atoms with E-state index in [-0.39, 0.29) is 5.56 Å². The summed E-state index contributed by atoms with van der Waals surface area (Å²) < 4.78 is 1.26. The zero-order valence-electron chi connectivity index (χ0n) is 13.8. The van der Waals surface area contributed by atoms with Gasteiger partial charge < -0.3 is 10.2 Å². The van der Waals surface area contributed by atoms with Crippen molar-refractivity contribution in [1.29, 1.82) is 0 Å². The Bertz CT molecular complexity index is 891. The fourth-order valence-electron chi connectivity index (χ4n) is 2.49. The molecule has 2 aromatic heterocycles. The number of nitrogens with zero attached hydrogens (tertiary/aromatic N) is 3. The molecule has 6 nitrogen and oxygen atoms in total. The van der Waals surface area contributed by atoms with Crippen molar-refractivity contribution in [2.75, 3.05) is 11.9 Å². The molecule has 0 aliphatic rings. The molecule has 2 heterocycles. The van der Waals surface area contributed by atoms with E-state index >= 15 is 0 Å². The summed E-state index contributed by atoms with van der Waals surface area (Å²) in [7, 11) is 0. The van der Waals surface area contributed by atoms with Gasteiger partial charge in [0.25, 0.3) is 5.56 Å². The lowest BCUT2D eigenvalue weighted by atomic mass is 10.2. The second-order valence-corrected chi connectivity index (χ2v) is 5.53. The Balaban J connectivity index is 2.10. The first kappa shape index (κ1) is 16.0. The highest BCUT2D eigenvalue weighted by Gasteiger charge is 2.14. The standard InChI is InChI=1S/C18H20N4O2/c1-3-4-10-24-22-16(23)11-15(21-14-8-6-5-7-9-14)17-13(2)19-12-20-18(17)22/h5-9,11-12,21H,3-4,10H2,1-2H3. The summed E-state index contributed by atoms with van der Waals surface area (Å²) in [6, 6.07) is 11.2. The minimum Gasteiger partial charge on any atom is -0.409 e. The molecule has 124 valence electrons. The van der Waals surface area contributed by atoms with Crippen LogP contribution in [-0.2, 0) is 0 Å². The monoisotopic (exact) mass is 324 g/mol. The van der Waals surface area contributed by atoms with Gasteiger partial charge in [-0.3, -0.25) is 4.79 Å². The molecule has 0 amide bonds. The fraction of sp³-hybridized carbons (Fsp3) is 0.278. The number of rotatable bonds is 6. The van der Waals surface area contributed by atoms with Gasteiger partial charge in [-0.15, -0.1) is 4.73 Å². The first-order valence-electron chi connectivity index (χ1n) is 8.03. The number of hydrogen-bond donors (Lipinski definition) is 1.